The van der Waals surface area contributed by atoms with Gasteiger partial charge < -0.3 is 5.32 Å². The van der Waals surface area contributed by atoms with E-state index in [9.17, 15) is 4.79 Å². The third-order valence-electron chi connectivity index (χ3n) is 3.93. The molecule has 0 radical (unpaired) electrons. The maximum atomic E-state index is 12.1. The van der Waals surface area contributed by atoms with Crippen molar-refractivity contribution in [1.29, 1.82) is 0 Å². The van der Waals surface area contributed by atoms with Crippen molar-refractivity contribution in [2.75, 3.05) is 5.32 Å². The molecule has 0 bridgehead atoms. The second-order valence-electron chi connectivity index (χ2n) is 6.07. The van der Waals surface area contributed by atoms with Crippen LogP contribution in [0, 0.1) is 0 Å². The number of amides is 1. The lowest BCUT2D eigenvalue weighted by atomic mass is 9.99. The van der Waals surface area contributed by atoms with Crippen LogP contribution in [0.5, 0.6) is 0 Å². The van der Waals surface area contributed by atoms with Crippen molar-refractivity contribution < 1.29 is 4.79 Å². The molecule has 22 heavy (non-hydrogen) atoms. The average molecular weight is 299 g/mol. The number of carbonyl (C=O) groups is 1. The van der Waals surface area contributed by atoms with Gasteiger partial charge in [-0.15, -0.1) is 0 Å². The van der Waals surface area contributed by atoms with Crippen molar-refractivity contribution in [2.45, 2.75) is 52.5 Å². The largest absolute Gasteiger partial charge is 0.324 e. The van der Waals surface area contributed by atoms with Crippen molar-refractivity contribution in [3.8, 4) is 0 Å². The number of benzene rings is 1. The minimum Gasteiger partial charge on any atom is -0.324 e. The van der Waals surface area contributed by atoms with Crippen molar-refractivity contribution in [2.24, 2.45) is 0 Å². The Hall–Kier alpha value is -2.10. The Labute approximate surface area is 132 Å². The van der Waals surface area contributed by atoms with Gasteiger partial charge in [-0.2, -0.15) is 5.10 Å². The first-order chi connectivity index (χ1) is 10.5. The summed E-state index contributed by atoms with van der Waals surface area (Å²) in [5, 5.41) is 7.31. The van der Waals surface area contributed by atoms with Crippen molar-refractivity contribution >= 4 is 11.6 Å². The summed E-state index contributed by atoms with van der Waals surface area (Å²) in [5.41, 5.74) is 3.13. The lowest BCUT2D eigenvalue weighted by Gasteiger charge is -2.10. The predicted molar refractivity (Wildman–Crippen MR) is 90.1 cm³/mol. The van der Waals surface area contributed by atoms with Crippen LogP contribution in [-0.4, -0.2) is 15.7 Å². The second-order valence-corrected chi connectivity index (χ2v) is 6.07. The zero-order valence-corrected chi connectivity index (χ0v) is 13.8. The first-order valence-corrected chi connectivity index (χ1v) is 7.92. The van der Waals surface area contributed by atoms with E-state index in [4.69, 9.17) is 0 Å². The molecule has 0 saturated carbocycles. The van der Waals surface area contributed by atoms with Gasteiger partial charge in [-0.1, -0.05) is 39.8 Å². The number of rotatable bonds is 6. The van der Waals surface area contributed by atoms with Gasteiger partial charge in [0.2, 0.25) is 5.91 Å². The average Bonchev–Trinajstić information content (AvgIpc) is 2.95. The third-order valence-corrected chi connectivity index (χ3v) is 3.93. The fourth-order valence-corrected chi connectivity index (χ4v) is 2.25. The van der Waals surface area contributed by atoms with Crippen LogP contribution in [-0.2, 0) is 11.3 Å². The first kappa shape index (κ1) is 16.3. The zero-order chi connectivity index (χ0) is 16.1. The highest BCUT2D eigenvalue weighted by molar-refractivity contribution is 5.90. The maximum absolute atomic E-state index is 12.1. The van der Waals surface area contributed by atoms with Gasteiger partial charge >= 0.3 is 0 Å². The van der Waals surface area contributed by atoms with Gasteiger partial charge in [-0.3, -0.25) is 9.48 Å². The fraction of sp³-hybridized carbons (Fsp3) is 0.444. The molecule has 0 aliphatic carbocycles. The molecule has 0 fully saturated rings. The molecule has 0 saturated heterocycles. The van der Waals surface area contributed by atoms with Crippen molar-refractivity contribution in [3.63, 3.8) is 0 Å². The molecule has 0 aliphatic heterocycles. The lowest BCUT2D eigenvalue weighted by Crippen LogP contribution is -2.19. The van der Waals surface area contributed by atoms with E-state index >= 15 is 0 Å². The molecule has 4 nitrogen and oxygen atoms in total. The van der Waals surface area contributed by atoms with Gasteiger partial charge in [-0.05, 0) is 42.0 Å². The molecular weight excluding hydrogens is 274 g/mol. The van der Waals surface area contributed by atoms with Gasteiger partial charge in [0.25, 0.3) is 0 Å². The van der Waals surface area contributed by atoms with E-state index in [0.29, 0.717) is 11.8 Å². The number of hydrogen-bond donors (Lipinski definition) is 1. The Morgan fingerprint density at radius 2 is 1.86 bits per heavy atom. The molecule has 1 N–H and O–H groups in total. The summed E-state index contributed by atoms with van der Waals surface area (Å²) >= 11 is 0. The summed E-state index contributed by atoms with van der Waals surface area (Å²) in [6, 6.07) is 10.0. The summed E-state index contributed by atoms with van der Waals surface area (Å²) < 4.78 is 1.68. The van der Waals surface area contributed by atoms with Gasteiger partial charge in [0.05, 0.1) is 5.69 Å². The highest BCUT2D eigenvalue weighted by Gasteiger charge is 2.08. The molecule has 4 heteroatoms. The minimum atomic E-state index is -0.0605. The molecule has 0 unspecified atom stereocenters. The number of aromatic nitrogens is 2. The Morgan fingerprint density at radius 3 is 2.41 bits per heavy atom. The van der Waals surface area contributed by atoms with Gasteiger partial charge in [0.15, 0.2) is 0 Å². The van der Waals surface area contributed by atoms with Crippen LogP contribution >= 0.6 is 0 Å². The number of anilines is 1. The molecular formula is C18H25N3O. The molecule has 2 rings (SSSR count). The summed E-state index contributed by atoms with van der Waals surface area (Å²) in [6.07, 6.45) is 2.96. The van der Waals surface area contributed by atoms with Crippen LogP contribution in [0.1, 0.15) is 57.2 Å². The van der Waals surface area contributed by atoms with Crippen LogP contribution in [0.3, 0.4) is 0 Å². The first-order valence-electron chi connectivity index (χ1n) is 7.92. The quantitative estimate of drug-likeness (QED) is 0.870. The lowest BCUT2D eigenvalue weighted by molar-refractivity contribution is -0.116. The van der Waals surface area contributed by atoms with E-state index in [1.165, 1.54) is 5.56 Å². The molecule has 1 atom stereocenters. The SMILES string of the molecule is CC[C@H](C)c1ccc(NC(=O)Cn2ccc(C(C)C)n2)cc1. The van der Waals surface area contributed by atoms with Crippen molar-refractivity contribution in [1.82, 2.24) is 9.78 Å². The summed E-state index contributed by atoms with van der Waals surface area (Å²) in [6.45, 7) is 8.80. The number of nitrogens with one attached hydrogen (secondary N) is 1. The molecule has 0 aliphatic rings. The van der Waals surface area contributed by atoms with Crippen LogP contribution in [0.4, 0.5) is 5.69 Å². The molecule has 0 spiro atoms. The maximum Gasteiger partial charge on any atom is 0.246 e. The van der Waals surface area contributed by atoms with Crippen molar-refractivity contribution in [3.05, 3.63) is 47.8 Å². The highest BCUT2D eigenvalue weighted by Crippen LogP contribution is 2.20. The Morgan fingerprint density at radius 1 is 1.18 bits per heavy atom. The topological polar surface area (TPSA) is 46.9 Å². The Balaban J connectivity index is 1.93. The standard InChI is InChI=1S/C18H25N3O/c1-5-14(4)15-6-8-16(9-7-15)19-18(22)12-21-11-10-17(20-21)13(2)3/h6-11,13-14H,5,12H2,1-4H3,(H,19,22)/t14-/m0/s1. The van der Waals surface area contributed by atoms with E-state index in [0.717, 1.165) is 17.8 Å². The van der Waals surface area contributed by atoms with E-state index in [-0.39, 0.29) is 12.5 Å². The molecule has 2 aromatic rings. The number of nitrogens with zero attached hydrogens (tertiary/aromatic N) is 2. The molecule has 1 aromatic heterocycles. The summed E-state index contributed by atoms with van der Waals surface area (Å²) in [5.74, 6) is 0.857. The summed E-state index contributed by atoms with van der Waals surface area (Å²) in [7, 11) is 0. The predicted octanol–water partition coefficient (Wildman–Crippen LogP) is 4.16. The molecule has 1 amide bonds. The van der Waals surface area contributed by atoms with E-state index in [2.05, 4.69) is 50.2 Å². The number of carbonyl (C=O) groups excluding carboxylic acids is 1. The van der Waals surface area contributed by atoms with Gasteiger partial charge in [0.1, 0.15) is 6.54 Å². The van der Waals surface area contributed by atoms with Crippen LogP contribution < -0.4 is 5.32 Å². The van der Waals surface area contributed by atoms with E-state index in [1.54, 1.807) is 4.68 Å². The molecule has 1 aromatic carbocycles. The molecule has 1 heterocycles. The van der Waals surface area contributed by atoms with E-state index in [1.807, 2.05) is 24.4 Å². The second kappa shape index (κ2) is 7.25. The minimum absolute atomic E-state index is 0.0605. The Bertz CT molecular complexity index is 614. The van der Waals surface area contributed by atoms with Gasteiger partial charge in [0, 0.05) is 11.9 Å². The third kappa shape index (κ3) is 4.20. The monoisotopic (exact) mass is 299 g/mol. The van der Waals surface area contributed by atoms with E-state index < -0.39 is 0 Å². The Kier molecular flexibility index (Phi) is 5.36. The normalized spacial score (nSPS) is 12.4. The fourth-order valence-electron chi connectivity index (χ4n) is 2.25. The highest BCUT2D eigenvalue weighted by atomic mass is 16.2. The smallest absolute Gasteiger partial charge is 0.246 e. The van der Waals surface area contributed by atoms with Crippen LogP contribution in [0.15, 0.2) is 36.5 Å². The van der Waals surface area contributed by atoms with Gasteiger partial charge in [-0.25, -0.2) is 0 Å². The molecule has 118 valence electrons. The van der Waals surface area contributed by atoms with Crippen LogP contribution in [0.25, 0.3) is 0 Å². The summed E-state index contributed by atoms with van der Waals surface area (Å²) in [4.78, 5) is 12.1. The zero-order valence-electron chi connectivity index (χ0n) is 13.8. The van der Waals surface area contributed by atoms with Crippen LogP contribution in [0.2, 0.25) is 0 Å². The number of hydrogen-bond acceptors (Lipinski definition) is 2.